The summed E-state index contributed by atoms with van der Waals surface area (Å²) in [5.41, 5.74) is 1.11. The predicted molar refractivity (Wildman–Crippen MR) is 122 cm³/mol. The molecule has 1 atom stereocenters. The number of ketones is 1. The average molecular weight is 466 g/mol. The number of amides is 3. The molecule has 1 saturated heterocycles. The number of Topliss-reactive ketones (excluding diaryl/α,β-unsaturated/α-hetero) is 1. The van der Waals surface area contributed by atoms with Gasteiger partial charge in [-0.3, -0.25) is 14.5 Å². The molecule has 176 valence electrons. The summed E-state index contributed by atoms with van der Waals surface area (Å²) in [6, 6.07) is 13.6. The summed E-state index contributed by atoms with van der Waals surface area (Å²) in [5.74, 6) is -2.79. The van der Waals surface area contributed by atoms with Gasteiger partial charge in [0, 0.05) is 29.1 Å². The molecule has 34 heavy (non-hydrogen) atoms. The Morgan fingerprint density at radius 1 is 1.03 bits per heavy atom. The van der Waals surface area contributed by atoms with Gasteiger partial charge < -0.3 is 9.88 Å². The molecule has 3 amide bonds. The van der Waals surface area contributed by atoms with Gasteiger partial charge in [-0.1, -0.05) is 30.3 Å². The third kappa shape index (κ3) is 4.11. The molecule has 0 saturated carbocycles. The quantitative estimate of drug-likeness (QED) is 0.418. The van der Waals surface area contributed by atoms with E-state index in [-0.39, 0.29) is 5.56 Å². The second kappa shape index (κ2) is 8.85. The van der Waals surface area contributed by atoms with Crippen LogP contribution in [0.25, 0.3) is 0 Å². The van der Waals surface area contributed by atoms with Crippen molar-refractivity contribution in [2.75, 3.05) is 6.54 Å². The Labute approximate surface area is 196 Å². The summed E-state index contributed by atoms with van der Waals surface area (Å²) >= 11 is 0. The minimum absolute atomic E-state index is 0.292. The minimum atomic E-state index is -1.81. The summed E-state index contributed by atoms with van der Waals surface area (Å²) < 4.78 is 30.1. The van der Waals surface area contributed by atoms with Crippen LogP contribution in [0.2, 0.25) is 0 Å². The lowest BCUT2D eigenvalue weighted by molar-refractivity contribution is -0.130. The number of hydrogen-bond donors (Lipinski definition) is 1. The smallest absolute Gasteiger partial charge is 0.325 e. The average Bonchev–Trinajstić information content (AvgIpc) is 3.21. The number of nitrogens with zero attached hydrogens (tertiary/aromatic N) is 2. The molecule has 1 unspecified atom stereocenters. The maximum Gasteiger partial charge on any atom is 0.325 e. The van der Waals surface area contributed by atoms with Gasteiger partial charge in [-0.25, -0.2) is 13.6 Å². The number of halogens is 2. The first kappa shape index (κ1) is 23.4. The fourth-order valence-electron chi connectivity index (χ4n) is 4.45. The van der Waals surface area contributed by atoms with E-state index in [4.69, 9.17) is 0 Å². The van der Waals surface area contributed by atoms with Crippen molar-refractivity contribution < 1.29 is 23.2 Å². The molecule has 0 aliphatic carbocycles. The minimum Gasteiger partial charge on any atom is -0.348 e. The van der Waals surface area contributed by atoms with Crippen molar-refractivity contribution in [1.82, 2.24) is 14.8 Å². The number of nitrogens with one attached hydrogen (secondary N) is 1. The Balaban J connectivity index is 1.53. The van der Waals surface area contributed by atoms with Crippen molar-refractivity contribution in [1.29, 1.82) is 0 Å². The second-order valence-electron chi connectivity index (χ2n) is 8.67. The molecule has 0 bridgehead atoms. The maximum atomic E-state index is 14.4. The standard InChI is InChI=1S/C26H25F2N3O3/c1-16-13-20(17(2)30(16)12-11-18-7-5-4-6-8-18)23(32)15-31-24(33)26(3,29-25(31)34)21-14-19(27)9-10-22(21)28/h4-10,13-14H,11-12,15H2,1-3H3,(H,29,34). The summed E-state index contributed by atoms with van der Waals surface area (Å²) in [7, 11) is 0. The summed E-state index contributed by atoms with van der Waals surface area (Å²) in [4.78, 5) is 39.5. The van der Waals surface area contributed by atoms with Crippen LogP contribution in [0.1, 0.15) is 39.8 Å². The Bertz CT molecular complexity index is 1290. The summed E-state index contributed by atoms with van der Waals surface area (Å²) in [5, 5.41) is 2.41. The SMILES string of the molecule is Cc1cc(C(=O)CN2C(=O)NC(C)(c3cc(F)ccc3F)C2=O)c(C)n1CCc1ccccc1. The van der Waals surface area contributed by atoms with Crippen LogP contribution in [-0.4, -0.2) is 33.7 Å². The molecule has 0 radical (unpaired) electrons. The molecule has 4 rings (SSSR count). The van der Waals surface area contributed by atoms with Crippen LogP contribution in [0, 0.1) is 25.5 Å². The molecule has 1 aliphatic rings. The second-order valence-corrected chi connectivity index (χ2v) is 8.67. The van der Waals surface area contributed by atoms with Gasteiger partial charge in [-0.05, 0) is 57.0 Å². The van der Waals surface area contributed by atoms with E-state index < -0.39 is 41.4 Å². The number of aromatic nitrogens is 1. The van der Waals surface area contributed by atoms with Crippen LogP contribution in [-0.2, 0) is 23.3 Å². The Hall–Kier alpha value is -3.81. The van der Waals surface area contributed by atoms with E-state index in [9.17, 15) is 23.2 Å². The number of carbonyl (C=O) groups excluding carboxylic acids is 3. The van der Waals surface area contributed by atoms with E-state index in [0.717, 1.165) is 40.9 Å². The lowest BCUT2D eigenvalue weighted by Gasteiger charge is -2.22. The van der Waals surface area contributed by atoms with Crippen LogP contribution in [0.15, 0.2) is 54.6 Å². The van der Waals surface area contributed by atoms with Crippen molar-refractivity contribution in [3.05, 3.63) is 94.3 Å². The summed E-state index contributed by atoms with van der Waals surface area (Å²) in [6.07, 6.45) is 0.787. The molecule has 1 N–H and O–H groups in total. The third-order valence-electron chi connectivity index (χ3n) is 6.38. The number of imide groups is 1. The Kier molecular flexibility index (Phi) is 6.08. The number of aryl methyl sites for hydroxylation is 2. The molecule has 3 aromatic rings. The molecular weight excluding hydrogens is 440 g/mol. The van der Waals surface area contributed by atoms with Crippen molar-refractivity contribution in [3.8, 4) is 0 Å². The first-order valence-corrected chi connectivity index (χ1v) is 11.0. The van der Waals surface area contributed by atoms with Crippen LogP contribution in [0.5, 0.6) is 0 Å². The molecule has 2 heterocycles. The molecule has 0 spiro atoms. The third-order valence-corrected chi connectivity index (χ3v) is 6.38. The van der Waals surface area contributed by atoms with Gasteiger partial charge in [0.2, 0.25) is 0 Å². The van der Waals surface area contributed by atoms with Gasteiger partial charge in [0.1, 0.15) is 17.2 Å². The van der Waals surface area contributed by atoms with Crippen LogP contribution >= 0.6 is 0 Å². The fourth-order valence-corrected chi connectivity index (χ4v) is 4.45. The maximum absolute atomic E-state index is 14.4. The van der Waals surface area contributed by atoms with Gasteiger partial charge in [0.15, 0.2) is 5.78 Å². The zero-order chi connectivity index (χ0) is 24.6. The van der Waals surface area contributed by atoms with Gasteiger partial charge >= 0.3 is 6.03 Å². The van der Waals surface area contributed by atoms with Crippen molar-refractivity contribution in [3.63, 3.8) is 0 Å². The van der Waals surface area contributed by atoms with Crippen molar-refractivity contribution >= 4 is 17.7 Å². The first-order valence-electron chi connectivity index (χ1n) is 11.0. The highest BCUT2D eigenvalue weighted by Crippen LogP contribution is 2.31. The van der Waals surface area contributed by atoms with Crippen LogP contribution < -0.4 is 5.32 Å². The highest BCUT2D eigenvalue weighted by atomic mass is 19.1. The molecule has 6 nitrogen and oxygen atoms in total. The van der Waals surface area contributed by atoms with Crippen molar-refractivity contribution in [2.24, 2.45) is 0 Å². The molecule has 2 aromatic carbocycles. The predicted octanol–water partition coefficient (Wildman–Crippen LogP) is 4.28. The van der Waals surface area contributed by atoms with E-state index in [1.54, 1.807) is 6.07 Å². The number of urea groups is 1. The molecule has 1 aliphatic heterocycles. The number of rotatable bonds is 7. The van der Waals surface area contributed by atoms with E-state index in [0.29, 0.717) is 12.1 Å². The topological polar surface area (TPSA) is 71.4 Å². The van der Waals surface area contributed by atoms with E-state index >= 15 is 0 Å². The largest absolute Gasteiger partial charge is 0.348 e. The zero-order valence-corrected chi connectivity index (χ0v) is 19.2. The monoisotopic (exact) mass is 465 g/mol. The van der Waals surface area contributed by atoms with Crippen LogP contribution in [0.4, 0.5) is 13.6 Å². The van der Waals surface area contributed by atoms with Gasteiger partial charge in [0.05, 0.1) is 6.54 Å². The Morgan fingerprint density at radius 2 is 1.74 bits per heavy atom. The van der Waals surface area contributed by atoms with Gasteiger partial charge in [0.25, 0.3) is 5.91 Å². The number of hydrogen-bond acceptors (Lipinski definition) is 3. The number of benzene rings is 2. The van der Waals surface area contributed by atoms with Crippen LogP contribution in [0.3, 0.4) is 0 Å². The Morgan fingerprint density at radius 3 is 2.44 bits per heavy atom. The van der Waals surface area contributed by atoms with E-state index in [2.05, 4.69) is 5.32 Å². The van der Waals surface area contributed by atoms with Gasteiger partial charge in [-0.15, -0.1) is 0 Å². The molecule has 1 fully saturated rings. The lowest BCUT2D eigenvalue weighted by Crippen LogP contribution is -2.42. The normalized spacial score (nSPS) is 17.9. The zero-order valence-electron chi connectivity index (χ0n) is 19.2. The van der Waals surface area contributed by atoms with Gasteiger partial charge in [-0.2, -0.15) is 0 Å². The summed E-state index contributed by atoms with van der Waals surface area (Å²) in [6.45, 7) is 5.19. The fraction of sp³-hybridized carbons (Fsp3) is 0.269. The molecule has 1 aromatic heterocycles. The highest BCUT2D eigenvalue weighted by Gasteiger charge is 2.51. The van der Waals surface area contributed by atoms with Crippen molar-refractivity contribution in [2.45, 2.75) is 39.3 Å². The molecular formula is C26H25F2N3O3. The van der Waals surface area contributed by atoms with E-state index in [1.165, 1.54) is 12.5 Å². The van der Waals surface area contributed by atoms with E-state index in [1.807, 2.05) is 48.7 Å². The lowest BCUT2D eigenvalue weighted by atomic mass is 9.91. The number of carbonyl (C=O) groups is 3. The first-order chi connectivity index (χ1) is 16.1. The molecule has 8 heteroatoms. The highest BCUT2D eigenvalue weighted by molar-refractivity contribution is 6.11.